The monoisotopic (exact) mass is 340 g/mol. The molecular formula is C16H24N2O4S. The van der Waals surface area contributed by atoms with Crippen LogP contribution in [0.1, 0.15) is 35.2 Å². The van der Waals surface area contributed by atoms with E-state index in [0.29, 0.717) is 18.7 Å². The SMILES string of the molecule is COCc1ccc(C(=O)N2CCCCC2CNS(C)(=O)=O)cc1. The third-order valence-corrected chi connectivity index (χ3v) is 4.67. The van der Waals surface area contributed by atoms with Crippen molar-refractivity contribution in [3.05, 3.63) is 35.4 Å². The van der Waals surface area contributed by atoms with Crippen LogP contribution in [0.3, 0.4) is 0 Å². The summed E-state index contributed by atoms with van der Waals surface area (Å²) < 4.78 is 30.2. The van der Waals surface area contributed by atoms with E-state index in [1.165, 1.54) is 0 Å². The van der Waals surface area contributed by atoms with E-state index in [2.05, 4.69) is 4.72 Å². The van der Waals surface area contributed by atoms with E-state index < -0.39 is 10.0 Å². The molecule has 1 aromatic carbocycles. The lowest BCUT2D eigenvalue weighted by Gasteiger charge is -2.35. The molecule has 1 saturated heterocycles. The summed E-state index contributed by atoms with van der Waals surface area (Å²) in [6.45, 7) is 1.44. The second-order valence-corrected chi connectivity index (χ2v) is 7.73. The number of sulfonamides is 1. The number of benzene rings is 1. The topological polar surface area (TPSA) is 75.7 Å². The number of carbonyl (C=O) groups is 1. The Morgan fingerprint density at radius 3 is 2.61 bits per heavy atom. The standard InChI is InChI=1S/C16H24N2O4S/c1-22-12-13-6-8-14(9-7-13)16(19)18-10-4-3-5-15(18)11-17-23(2,20)21/h6-9,15,17H,3-5,10-12H2,1-2H3. The summed E-state index contributed by atoms with van der Waals surface area (Å²) in [4.78, 5) is 14.5. The quantitative estimate of drug-likeness (QED) is 0.849. The highest BCUT2D eigenvalue weighted by atomic mass is 32.2. The first-order valence-corrected chi connectivity index (χ1v) is 9.63. The number of likely N-dealkylation sites (tertiary alicyclic amines) is 1. The average Bonchev–Trinajstić information content (AvgIpc) is 2.53. The van der Waals surface area contributed by atoms with Gasteiger partial charge in [-0.1, -0.05) is 12.1 Å². The van der Waals surface area contributed by atoms with E-state index in [-0.39, 0.29) is 18.5 Å². The normalized spacial score (nSPS) is 18.9. The molecule has 1 atom stereocenters. The van der Waals surface area contributed by atoms with Crippen molar-refractivity contribution in [1.29, 1.82) is 0 Å². The van der Waals surface area contributed by atoms with Crippen molar-refractivity contribution in [1.82, 2.24) is 9.62 Å². The van der Waals surface area contributed by atoms with E-state index in [4.69, 9.17) is 4.74 Å². The maximum atomic E-state index is 12.7. The number of piperidine rings is 1. The summed E-state index contributed by atoms with van der Waals surface area (Å²) in [6, 6.07) is 7.26. The van der Waals surface area contributed by atoms with Crippen molar-refractivity contribution in [2.45, 2.75) is 31.9 Å². The van der Waals surface area contributed by atoms with Crippen LogP contribution in [0.2, 0.25) is 0 Å². The van der Waals surface area contributed by atoms with Crippen molar-refractivity contribution in [3.8, 4) is 0 Å². The second-order valence-electron chi connectivity index (χ2n) is 5.90. The lowest BCUT2D eigenvalue weighted by Crippen LogP contribution is -2.49. The minimum Gasteiger partial charge on any atom is -0.380 e. The van der Waals surface area contributed by atoms with Gasteiger partial charge < -0.3 is 9.64 Å². The lowest BCUT2D eigenvalue weighted by atomic mass is 10.0. The zero-order valence-corrected chi connectivity index (χ0v) is 14.4. The zero-order chi connectivity index (χ0) is 16.9. The summed E-state index contributed by atoms with van der Waals surface area (Å²) in [5.74, 6) is -0.0473. The molecule has 1 aromatic rings. The zero-order valence-electron chi connectivity index (χ0n) is 13.6. The number of amides is 1. The highest BCUT2D eigenvalue weighted by molar-refractivity contribution is 7.88. The minimum absolute atomic E-state index is 0.0473. The van der Waals surface area contributed by atoms with Crippen molar-refractivity contribution in [2.75, 3.05) is 26.5 Å². The van der Waals surface area contributed by atoms with Crippen LogP contribution >= 0.6 is 0 Å². The molecule has 0 spiro atoms. The first-order valence-electron chi connectivity index (χ1n) is 7.74. The average molecular weight is 340 g/mol. The number of ether oxygens (including phenoxy) is 1. The van der Waals surface area contributed by atoms with Gasteiger partial charge in [0.05, 0.1) is 12.9 Å². The third-order valence-electron chi connectivity index (χ3n) is 3.98. The Bertz CT molecular complexity index is 628. The van der Waals surface area contributed by atoms with Crippen LogP contribution in [0.25, 0.3) is 0 Å². The van der Waals surface area contributed by atoms with E-state index in [1.807, 2.05) is 12.1 Å². The predicted molar refractivity (Wildman–Crippen MR) is 88.7 cm³/mol. The van der Waals surface area contributed by atoms with Gasteiger partial charge in [-0.3, -0.25) is 4.79 Å². The Labute approximate surface area is 137 Å². The lowest BCUT2D eigenvalue weighted by molar-refractivity contribution is 0.0618. The number of methoxy groups -OCH3 is 1. The fourth-order valence-electron chi connectivity index (χ4n) is 2.80. The van der Waals surface area contributed by atoms with Gasteiger partial charge in [0.2, 0.25) is 10.0 Å². The molecule has 7 heteroatoms. The summed E-state index contributed by atoms with van der Waals surface area (Å²) in [5.41, 5.74) is 1.63. The van der Waals surface area contributed by atoms with Gasteiger partial charge in [-0.2, -0.15) is 0 Å². The Morgan fingerprint density at radius 1 is 1.30 bits per heavy atom. The molecule has 0 saturated carbocycles. The molecule has 1 N–H and O–H groups in total. The summed E-state index contributed by atoms with van der Waals surface area (Å²) in [5, 5.41) is 0. The molecule has 0 radical (unpaired) electrons. The number of hydrogen-bond donors (Lipinski definition) is 1. The molecule has 0 aromatic heterocycles. The fourth-order valence-corrected chi connectivity index (χ4v) is 3.30. The highest BCUT2D eigenvalue weighted by Crippen LogP contribution is 2.20. The molecule has 128 valence electrons. The molecule has 0 aliphatic carbocycles. The minimum atomic E-state index is -3.25. The van der Waals surface area contributed by atoms with Crippen LogP contribution in [0.5, 0.6) is 0 Å². The molecule has 1 aliphatic heterocycles. The molecule has 1 fully saturated rings. The number of hydrogen-bond acceptors (Lipinski definition) is 4. The van der Waals surface area contributed by atoms with Crippen molar-refractivity contribution < 1.29 is 17.9 Å². The highest BCUT2D eigenvalue weighted by Gasteiger charge is 2.27. The second kappa shape index (κ2) is 7.90. The van der Waals surface area contributed by atoms with Gasteiger partial charge in [0.25, 0.3) is 5.91 Å². The Hall–Kier alpha value is -1.44. The van der Waals surface area contributed by atoms with Crippen LogP contribution in [0.15, 0.2) is 24.3 Å². The van der Waals surface area contributed by atoms with Crippen molar-refractivity contribution >= 4 is 15.9 Å². The molecule has 1 unspecified atom stereocenters. The van der Waals surface area contributed by atoms with E-state index in [9.17, 15) is 13.2 Å². The Morgan fingerprint density at radius 2 is 2.00 bits per heavy atom. The summed E-state index contributed by atoms with van der Waals surface area (Å²) in [6.07, 6.45) is 3.90. The van der Waals surface area contributed by atoms with Gasteiger partial charge in [-0.05, 0) is 37.0 Å². The number of carbonyl (C=O) groups excluding carboxylic acids is 1. The number of nitrogens with one attached hydrogen (secondary N) is 1. The summed E-state index contributed by atoms with van der Waals surface area (Å²) in [7, 11) is -1.62. The molecule has 1 aliphatic rings. The molecular weight excluding hydrogens is 316 g/mol. The van der Waals surface area contributed by atoms with Gasteiger partial charge in [0.1, 0.15) is 0 Å². The maximum Gasteiger partial charge on any atom is 0.254 e. The van der Waals surface area contributed by atoms with Crippen molar-refractivity contribution in [2.24, 2.45) is 0 Å². The molecule has 1 amide bonds. The smallest absolute Gasteiger partial charge is 0.254 e. The molecule has 23 heavy (non-hydrogen) atoms. The van der Waals surface area contributed by atoms with E-state index in [0.717, 1.165) is 31.1 Å². The predicted octanol–water partition coefficient (Wildman–Crippen LogP) is 1.38. The van der Waals surface area contributed by atoms with Crippen LogP contribution < -0.4 is 4.72 Å². The Balaban J connectivity index is 2.07. The van der Waals surface area contributed by atoms with Crippen LogP contribution in [-0.4, -0.2) is 51.7 Å². The number of rotatable bonds is 6. The van der Waals surface area contributed by atoms with E-state index >= 15 is 0 Å². The van der Waals surface area contributed by atoms with Crippen LogP contribution in [-0.2, 0) is 21.4 Å². The third kappa shape index (κ3) is 5.30. The first-order chi connectivity index (χ1) is 10.9. The maximum absolute atomic E-state index is 12.7. The fraction of sp³-hybridized carbons (Fsp3) is 0.562. The van der Waals surface area contributed by atoms with Gasteiger partial charge in [0, 0.05) is 31.8 Å². The summed E-state index contributed by atoms with van der Waals surface area (Å²) >= 11 is 0. The van der Waals surface area contributed by atoms with E-state index in [1.54, 1.807) is 24.1 Å². The molecule has 6 nitrogen and oxygen atoms in total. The largest absolute Gasteiger partial charge is 0.380 e. The van der Waals surface area contributed by atoms with Gasteiger partial charge in [0.15, 0.2) is 0 Å². The van der Waals surface area contributed by atoms with Gasteiger partial charge in [-0.15, -0.1) is 0 Å². The molecule has 1 heterocycles. The van der Waals surface area contributed by atoms with Gasteiger partial charge in [-0.25, -0.2) is 13.1 Å². The molecule has 2 rings (SSSR count). The first kappa shape index (κ1) is 17.9. The van der Waals surface area contributed by atoms with Crippen LogP contribution in [0.4, 0.5) is 0 Å². The van der Waals surface area contributed by atoms with Gasteiger partial charge >= 0.3 is 0 Å². The Kier molecular flexibility index (Phi) is 6.15. The number of nitrogens with zero attached hydrogens (tertiary/aromatic N) is 1. The van der Waals surface area contributed by atoms with Crippen molar-refractivity contribution in [3.63, 3.8) is 0 Å². The van der Waals surface area contributed by atoms with Crippen LogP contribution in [0, 0.1) is 0 Å². The molecule has 0 bridgehead atoms.